The Morgan fingerprint density at radius 1 is 1.00 bits per heavy atom. The molecule has 0 saturated carbocycles. The van der Waals surface area contributed by atoms with Gasteiger partial charge in [0.25, 0.3) is 5.91 Å². The van der Waals surface area contributed by atoms with Crippen LogP contribution in [0.1, 0.15) is 15.9 Å². The van der Waals surface area contributed by atoms with E-state index in [1.807, 2.05) is 54.6 Å². The zero-order valence-electron chi connectivity index (χ0n) is 16.4. The van der Waals surface area contributed by atoms with Crippen LogP contribution >= 0.6 is 0 Å². The Hall–Kier alpha value is -3.54. The van der Waals surface area contributed by atoms with Crippen molar-refractivity contribution in [1.82, 2.24) is 5.32 Å². The molecule has 6 heteroatoms. The van der Waals surface area contributed by atoms with Gasteiger partial charge in [-0.1, -0.05) is 30.3 Å². The molecule has 1 N–H and O–H groups in total. The summed E-state index contributed by atoms with van der Waals surface area (Å²) in [5.41, 5.74) is 2.46. The zero-order chi connectivity index (χ0) is 20.4. The molecular formula is C23H22N2O4. The second kappa shape index (κ2) is 7.83. The first-order valence-electron chi connectivity index (χ1n) is 9.43. The number of carbonyl (C=O) groups excluding carboxylic acids is 2. The molecular weight excluding hydrogens is 368 g/mol. The van der Waals surface area contributed by atoms with Gasteiger partial charge in [-0.25, -0.2) is 0 Å². The number of nitrogens with zero attached hydrogens (tertiary/aromatic N) is 1. The largest absolute Gasteiger partial charge is 0.493 e. The summed E-state index contributed by atoms with van der Waals surface area (Å²) >= 11 is 0. The van der Waals surface area contributed by atoms with E-state index in [0.717, 1.165) is 22.0 Å². The average molecular weight is 390 g/mol. The summed E-state index contributed by atoms with van der Waals surface area (Å²) in [6, 6.07) is 17.1. The fourth-order valence-corrected chi connectivity index (χ4v) is 3.72. The van der Waals surface area contributed by atoms with E-state index < -0.39 is 0 Å². The van der Waals surface area contributed by atoms with Gasteiger partial charge in [0, 0.05) is 17.5 Å². The van der Waals surface area contributed by atoms with Crippen LogP contribution in [-0.2, 0) is 11.2 Å². The Balaban J connectivity index is 1.39. The number of nitrogens with one attached hydrogen (secondary N) is 1. The first-order valence-corrected chi connectivity index (χ1v) is 9.43. The lowest BCUT2D eigenvalue weighted by Gasteiger charge is -2.17. The highest BCUT2D eigenvalue weighted by Crippen LogP contribution is 2.36. The number of carbonyl (C=O) groups is 2. The molecule has 0 unspecified atom stereocenters. The molecule has 1 aliphatic heterocycles. The third-order valence-corrected chi connectivity index (χ3v) is 5.13. The van der Waals surface area contributed by atoms with Crippen LogP contribution in [-0.4, -0.2) is 39.1 Å². The van der Waals surface area contributed by atoms with E-state index in [0.29, 0.717) is 30.0 Å². The Morgan fingerprint density at radius 2 is 1.76 bits per heavy atom. The number of benzene rings is 3. The molecule has 4 rings (SSSR count). The number of hydrogen-bond donors (Lipinski definition) is 1. The molecule has 3 aromatic rings. The molecule has 0 aromatic heterocycles. The zero-order valence-corrected chi connectivity index (χ0v) is 16.4. The third-order valence-electron chi connectivity index (χ3n) is 5.13. The van der Waals surface area contributed by atoms with Crippen molar-refractivity contribution in [2.24, 2.45) is 0 Å². The minimum atomic E-state index is -0.191. The molecule has 0 saturated heterocycles. The maximum absolute atomic E-state index is 12.8. The normalized spacial score (nSPS) is 12.3. The molecule has 0 radical (unpaired) electrons. The third kappa shape index (κ3) is 3.49. The standard InChI is InChI=1S/C23H22N2O4/c1-28-19-10-9-15(13-20(19)29-2)11-12-24-21(26)14-25-18-8-4-6-16-5-3-7-17(22(16)18)23(25)27/h3-10,13H,11-12,14H2,1-2H3,(H,24,26). The number of ether oxygens (including phenoxy) is 2. The van der Waals surface area contributed by atoms with Gasteiger partial charge in [-0.2, -0.15) is 0 Å². The SMILES string of the molecule is COc1ccc(CCNC(=O)CN2C(=O)c3cccc4cccc2c34)cc1OC. The summed E-state index contributed by atoms with van der Waals surface area (Å²) in [5, 5.41) is 4.82. The summed E-state index contributed by atoms with van der Waals surface area (Å²) in [6.07, 6.45) is 0.649. The topological polar surface area (TPSA) is 67.9 Å². The van der Waals surface area contributed by atoms with Crippen molar-refractivity contribution in [3.05, 3.63) is 65.7 Å². The first-order chi connectivity index (χ1) is 14.1. The van der Waals surface area contributed by atoms with Gasteiger partial charge >= 0.3 is 0 Å². The molecule has 1 aliphatic rings. The molecule has 148 valence electrons. The Morgan fingerprint density at radius 3 is 2.52 bits per heavy atom. The van der Waals surface area contributed by atoms with Crippen LogP contribution in [0.5, 0.6) is 11.5 Å². The molecule has 2 amide bonds. The van der Waals surface area contributed by atoms with E-state index in [1.54, 1.807) is 19.1 Å². The molecule has 3 aromatic carbocycles. The minimum absolute atomic E-state index is 0.00143. The van der Waals surface area contributed by atoms with Gasteiger partial charge in [-0.3, -0.25) is 14.5 Å². The van der Waals surface area contributed by atoms with Crippen molar-refractivity contribution in [3.63, 3.8) is 0 Å². The van der Waals surface area contributed by atoms with Crippen molar-refractivity contribution in [1.29, 1.82) is 0 Å². The van der Waals surface area contributed by atoms with E-state index in [1.165, 1.54) is 0 Å². The maximum atomic E-state index is 12.8. The molecule has 0 aliphatic carbocycles. The lowest BCUT2D eigenvalue weighted by molar-refractivity contribution is -0.119. The molecule has 0 bridgehead atoms. The van der Waals surface area contributed by atoms with E-state index >= 15 is 0 Å². The van der Waals surface area contributed by atoms with E-state index in [4.69, 9.17) is 9.47 Å². The van der Waals surface area contributed by atoms with Crippen molar-refractivity contribution >= 4 is 28.3 Å². The van der Waals surface area contributed by atoms with Crippen LogP contribution in [0.15, 0.2) is 54.6 Å². The number of amides is 2. The maximum Gasteiger partial charge on any atom is 0.259 e. The van der Waals surface area contributed by atoms with Crippen LogP contribution < -0.4 is 19.7 Å². The van der Waals surface area contributed by atoms with Gasteiger partial charge < -0.3 is 14.8 Å². The van der Waals surface area contributed by atoms with Crippen LogP contribution in [0, 0.1) is 0 Å². The van der Waals surface area contributed by atoms with Crippen molar-refractivity contribution in [2.45, 2.75) is 6.42 Å². The predicted molar refractivity (Wildman–Crippen MR) is 112 cm³/mol. The Kier molecular flexibility index (Phi) is 5.08. The fourth-order valence-electron chi connectivity index (χ4n) is 3.72. The monoisotopic (exact) mass is 390 g/mol. The summed E-state index contributed by atoms with van der Waals surface area (Å²) in [6.45, 7) is 0.464. The molecule has 29 heavy (non-hydrogen) atoms. The summed E-state index contributed by atoms with van der Waals surface area (Å²) in [4.78, 5) is 26.8. The molecule has 0 atom stereocenters. The van der Waals surface area contributed by atoms with Crippen LogP contribution in [0.25, 0.3) is 10.8 Å². The van der Waals surface area contributed by atoms with Gasteiger partial charge in [0.15, 0.2) is 11.5 Å². The van der Waals surface area contributed by atoms with Crippen LogP contribution in [0.3, 0.4) is 0 Å². The second-order valence-corrected chi connectivity index (χ2v) is 6.86. The number of methoxy groups -OCH3 is 2. The Bertz CT molecular complexity index is 1090. The lowest BCUT2D eigenvalue weighted by Crippen LogP contribution is -2.39. The second-order valence-electron chi connectivity index (χ2n) is 6.86. The molecule has 0 spiro atoms. The van der Waals surface area contributed by atoms with Gasteiger partial charge in [-0.15, -0.1) is 0 Å². The predicted octanol–water partition coefficient (Wildman–Crippen LogP) is 3.18. The molecule has 0 fully saturated rings. The highest BCUT2D eigenvalue weighted by molar-refractivity contribution is 6.26. The summed E-state index contributed by atoms with van der Waals surface area (Å²) in [7, 11) is 3.19. The highest BCUT2D eigenvalue weighted by atomic mass is 16.5. The number of anilines is 1. The first kappa shape index (κ1) is 18.8. The van der Waals surface area contributed by atoms with Gasteiger partial charge in [0.2, 0.25) is 5.91 Å². The van der Waals surface area contributed by atoms with Crippen molar-refractivity contribution in [2.75, 3.05) is 32.2 Å². The van der Waals surface area contributed by atoms with E-state index in [9.17, 15) is 9.59 Å². The fraction of sp³-hybridized carbons (Fsp3) is 0.217. The number of hydrogen-bond acceptors (Lipinski definition) is 4. The quantitative estimate of drug-likeness (QED) is 0.673. The Labute approximate surface area is 169 Å². The van der Waals surface area contributed by atoms with Gasteiger partial charge in [-0.05, 0) is 41.6 Å². The van der Waals surface area contributed by atoms with Crippen molar-refractivity contribution in [3.8, 4) is 11.5 Å². The van der Waals surface area contributed by atoms with Gasteiger partial charge in [0.1, 0.15) is 6.54 Å². The lowest BCUT2D eigenvalue weighted by atomic mass is 10.1. The summed E-state index contributed by atoms with van der Waals surface area (Å²) in [5.74, 6) is 1.00. The average Bonchev–Trinajstić information content (AvgIpc) is 3.01. The number of rotatable bonds is 7. The van der Waals surface area contributed by atoms with Crippen LogP contribution in [0.2, 0.25) is 0 Å². The van der Waals surface area contributed by atoms with Gasteiger partial charge in [0.05, 0.1) is 19.9 Å². The molecule has 1 heterocycles. The molecule has 6 nitrogen and oxygen atoms in total. The summed E-state index contributed by atoms with van der Waals surface area (Å²) < 4.78 is 10.5. The van der Waals surface area contributed by atoms with Crippen molar-refractivity contribution < 1.29 is 19.1 Å². The minimum Gasteiger partial charge on any atom is -0.493 e. The smallest absolute Gasteiger partial charge is 0.259 e. The highest BCUT2D eigenvalue weighted by Gasteiger charge is 2.30. The van der Waals surface area contributed by atoms with E-state index in [-0.39, 0.29) is 18.4 Å². The van der Waals surface area contributed by atoms with Crippen LogP contribution in [0.4, 0.5) is 5.69 Å². The van der Waals surface area contributed by atoms with E-state index in [2.05, 4.69) is 5.32 Å².